The maximum Gasteiger partial charge on any atom is 0.521 e. The lowest BCUT2D eigenvalue weighted by Crippen LogP contribution is -2.58. The van der Waals surface area contributed by atoms with E-state index in [0.717, 1.165) is 30.4 Å². The van der Waals surface area contributed by atoms with Gasteiger partial charge in [0.05, 0.1) is 13.0 Å². The van der Waals surface area contributed by atoms with Crippen LogP contribution in [0, 0.1) is 0 Å². The molecule has 1 unspecified atom stereocenters. The zero-order chi connectivity index (χ0) is 15.0. The molecule has 4 nitrogen and oxygen atoms in total. The highest BCUT2D eigenvalue weighted by atomic mass is 16.4. The van der Waals surface area contributed by atoms with Crippen LogP contribution >= 0.6 is 0 Å². The summed E-state index contributed by atoms with van der Waals surface area (Å²) in [4.78, 5) is 24.4. The van der Waals surface area contributed by atoms with Crippen molar-refractivity contribution in [3.8, 4) is 0 Å². The fourth-order valence-corrected chi connectivity index (χ4v) is 3.64. The van der Waals surface area contributed by atoms with Crippen LogP contribution in [-0.4, -0.2) is 34.2 Å². The Labute approximate surface area is 124 Å². The molecular weight excluding hydrogens is 266 g/mol. The van der Waals surface area contributed by atoms with E-state index in [4.69, 9.17) is 0 Å². The predicted molar refractivity (Wildman–Crippen MR) is 79.6 cm³/mol. The van der Waals surface area contributed by atoms with Crippen molar-refractivity contribution in [2.75, 3.05) is 6.54 Å². The van der Waals surface area contributed by atoms with Gasteiger partial charge in [0, 0.05) is 12.8 Å². The number of carbonyl (C=O) groups excluding carboxylic acids is 1. The highest BCUT2D eigenvalue weighted by Crippen LogP contribution is 2.32. The Balaban J connectivity index is 1.80. The molecule has 1 fully saturated rings. The van der Waals surface area contributed by atoms with Crippen molar-refractivity contribution >= 4 is 18.1 Å². The molecule has 1 aromatic rings. The van der Waals surface area contributed by atoms with Crippen LogP contribution in [0.1, 0.15) is 37.3 Å². The molecule has 0 aromatic heterocycles. The lowest BCUT2D eigenvalue weighted by atomic mass is 10.1. The second kappa shape index (κ2) is 5.11. The minimum atomic E-state index is -0.999. The Bertz CT molecular complexity index is 635. The predicted octanol–water partition coefficient (Wildman–Crippen LogP) is 3.22. The van der Waals surface area contributed by atoms with Crippen LogP contribution in [0.15, 0.2) is 29.8 Å². The van der Waals surface area contributed by atoms with Gasteiger partial charge >= 0.3 is 12.0 Å². The van der Waals surface area contributed by atoms with E-state index < -0.39 is 10.6 Å². The van der Waals surface area contributed by atoms with Crippen LogP contribution in [-0.2, 0) is 11.2 Å². The van der Waals surface area contributed by atoms with Gasteiger partial charge in [-0.2, -0.15) is 9.28 Å². The highest BCUT2D eigenvalue weighted by Gasteiger charge is 2.52. The Morgan fingerprint density at radius 3 is 2.71 bits per heavy atom. The highest BCUT2D eigenvalue weighted by molar-refractivity contribution is 5.84. The Morgan fingerprint density at radius 1 is 1.33 bits per heavy atom. The summed E-state index contributed by atoms with van der Waals surface area (Å²) in [5.74, 6) is -0.174. The average molecular weight is 286 g/mol. The molecule has 4 heteroatoms. The molecule has 1 saturated heterocycles. The van der Waals surface area contributed by atoms with Crippen LogP contribution in [0.5, 0.6) is 0 Å². The van der Waals surface area contributed by atoms with Gasteiger partial charge in [-0.15, -0.1) is 0 Å². The first kappa shape index (κ1) is 14.0. The molecule has 1 N–H and O–H groups in total. The summed E-state index contributed by atoms with van der Waals surface area (Å²) >= 11 is 0. The first-order valence-electron chi connectivity index (χ1n) is 7.46. The van der Waals surface area contributed by atoms with E-state index in [2.05, 4.69) is 6.07 Å². The number of fused-ring (bicyclic) bond motifs is 1. The summed E-state index contributed by atoms with van der Waals surface area (Å²) in [7, 11) is 0. The first-order valence-corrected chi connectivity index (χ1v) is 7.46. The summed E-state index contributed by atoms with van der Waals surface area (Å²) < 4.78 is -0.395. The van der Waals surface area contributed by atoms with Gasteiger partial charge in [-0.25, -0.2) is 4.79 Å². The van der Waals surface area contributed by atoms with Crippen molar-refractivity contribution < 1.29 is 19.2 Å². The number of hydrogen-bond acceptors (Lipinski definition) is 2. The van der Waals surface area contributed by atoms with Crippen molar-refractivity contribution in [2.24, 2.45) is 0 Å². The van der Waals surface area contributed by atoms with E-state index >= 15 is 0 Å². The number of rotatable bonds is 2. The van der Waals surface area contributed by atoms with Crippen molar-refractivity contribution in [1.29, 1.82) is 0 Å². The summed E-state index contributed by atoms with van der Waals surface area (Å²) in [6.07, 6.45) is 3.64. The van der Waals surface area contributed by atoms with Crippen LogP contribution in [0.2, 0.25) is 0 Å². The van der Waals surface area contributed by atoms with Gasteiger partial charge in [0.25, 0.3) is 0 Å². The topological polar surface area (TPSA) is 54.4 Å². The third-order valence-corrected chi connectivity index (χ3v) is 4.88. The number of quaternary nitrogens is 1. The fourth-order valence-electron chi connectivity index (χ4n) is 3.64. The number of benzene rings is 1. The molecule has 21 heavy (non-hydrogen) atoms. The van der Waals surface area contributed by atoms with Gasteiger partial charge in [-0.1, -0.05) is 35.9 Å². The molecule has 1 aliphatic heterocycles. The van der Waals surface area contributed by atoms with E-state index in [1.165, 1.54) is 5.56 Å². The van der Waals surface area contributed by atoms with Gasteiger partial charge in [0.1, 0.15) is 6.04 Å². The molecule has 110 valence electrons. The zero-order valence-electron chi connectivity index (χ0n) is 12.2. The standard InChI is InChI=1S/C17H19NO3/c1-12-5-4-8-18(12,17(20)21)16(19)11-13-9-14-6-2-3-7-15(14)10-13/h2-3,6-7,9,12H,4-5,8,10-11H2,1H3/p+1/t12-,18?/m1/s1. The third-order valence-electron chi connectivity index (χ3n) is 4.88. The molecule has 2 amide bonds. The van der Waals surface area contributed by atoms with E-state index in [-0.39, 0.29) is 18.4 Å². The molecular formula is C17H20NO3+. The van der Waals surface area contributed by atoms with Crippen LogP contribution in [0.3, 0.4) is 0 Å². The monoisotopic (exact) mass is 286 g/mol. The van der Waals surface area contributed by atoms with Crippen LogP contribution < -0.4 is 0 Å². The molecule has 0 bridgehead atoms. The summed E-state index contributed by atoms with van der Waals surface area (Å²) in [5, 5.41) is 9.58. The molecule has 1 aromatic carbocycles. The van der Waals surface area contributed by atoms with E-state index in [9.17, 15) is 14.7 Å². The molecule has 1 heterocycles. The number of nitrogens with zero attached hydrogens (tertiary/aromatic N) is 1. The minimum absolute atomic E-state index is 0.126. The Morgan fingerprint density at radius 2 is 2.10 bits per heavy atom. The molecule has 3 rings (SSSR count). The molecule has 2 aliphatic rings. The van der Waals surface area contributed by atoms with Crippen molar-refractivity contribution in [2.45, 2.75) is 38.6 Å². The quantitative estimate of drug-likeness (QED) is 0.849. The molecule has 0 saturated carbocycles. The van der Waals surface area contributed by atoms with Gasteiger partial charge in [0.2, 0.25) is 0 Å². The van der Waals surface area contributed by atoms with Gasteiger partial charge in [-0.05, 0) is 24.5 Å². The third kappa shape index (κ3) is 2.20. The van der Waals surface area contributed by atoms with E-state index in [1.807, 2.05) is 31.2 Å². The van der Waals surface area contributed by atoms with E-state index in [0.29, 0.717) is 6.54 Å². The lowest BCUT2D eigenvalue weighted by Gasteiger charge is -2.29. The summed E-state index contributed by atoms with van der Waals surface area (Å²) in [6, 6.07) is 7.94. The van der Waals surface area contributed by atoms with Gasteiger partial charge < -0.3 is 5.11 Å². The number of likely N-dealkylation sites (tertiary alicyclic amines) is 1. The second-order valence-corrected chi connectivity index (χ2v) is 6.11. The SMILES string of the molecule is C[C@@H]1CCC[N+]1(C(=O)O)C(=O)CC1=Cc2ccccc2C1. The zero-order valence-corrected chi connectivity index (χ0v) is 12.2. The maximum absolute atomic E-state index is 12.7. The van der Waals surface area contributed by atoms with Gasteiger partial charge in [-0.3, -0.25) is 0 Å². The van der Waals surface area contributed by atoms with E-state index in [1.54, 1.807) is 0 Å². The largest absolute Gasteiger partial charge is 0.521 e. The summed E-state index contributed by atoms with van der Waals surface area (Å²) in [6.45, 7) is 2.30. The fraction of sp³-hybridized carbons (Fsp3) is 0.412. The number of imide groups is 1. The van der Waals surface area contributed by atoms with Gasteiger partial charge in [0.15, 0.2) is 0 Å². The number of carboxylic acid groups (broad SMARTS) is 1. The van der Waals surface area contributed by atoms with Crippen LogP contribution in [0.4, 0.5) is 4.79 Å². The average Bonchev–Trinajstić information content (AvgIpc) is 3.01. The first-order chi connectivity index (χ1) is 10.0. The lowest BCUT2D eigenvalue weighted by molar-refractivity contribution is -0.792. The molecule has 0 radical (unpaired) electrons. The smallest absolute Gasteiger partial charge is 0.435 e. The van der Waals surface area contributed by atoms with Crippen molar-refractivity contribution in [3.05, 3.63) is 41.0 Å². The number of hydrogen-bond donors (Lipinski definition) is 1. The molecule has 0 spiro atoms. The maximum atomic E-state index is 12.7. The Kier molecular flexibility index (Phi) is 3.41. The van der Waals surface area contributed by atoms with Crippen LogP contribution in [0.25, 0.3) is 6.08 Å². The van der Waals surface area contributed by atoms with Crippen molar-refractivity contribution in [3.63, 3.8) is 0 Å². The number of carbonyl (C=O) groups is 2. The molecule has 1 aliphatic carbocycles. The summed E-state index contributed by atoms with van der Waals surface area (Å²) in [5.41, 5.74) is 3.40. The Hall–Kier alpha value is -1.94. The normalized spacial score (nSPS) is 27.3. The molecule has 2 atom stereocenters. The number of amides is 2. The van der Waals surface area contributed by atoms with Crippen molar-refractivity contribution in [1.82, 2.24) is 0 Å². The second-order valence-electron chi connectivity index (χ2n) is 6.11. The minimum Gasteiger partial charge on any atom is -0.435 e.